The fourth-order valence-corrected chi connectivity index (χ4v) is 5.11. The molecule has 0 aliphatic carbocycles. The summed E-state index contributed by atoms with van der Waals surface area (Å²) < 4.78 is 22.2. The molecule has 1 amide bonds. The van der Waals surface area contributed by atoms with Crippen molar-refractivity contribution in [3.05, 3.63) is 24.3 Å². The smallest absolute Gasteiger partial charge is 0.220 e. The zero-order valence-corrected chi connectivity index (χ0v) is 26.3. The Bertz CT molecular complexity index is 872. The highest BCUT2D eigenvalue weighted by Crippen LogP contribution is 2.29. The summed E-state index contributed by atoms with van der Waals surface area (Å²) >= 11 is 0. The van der Waals surface area contributed by atoms with Gasteiger partial charge in [0.1, 0.15) is 48.8 Å². The van der Waals surface area contributed by atoms with E-state index in [1.165, 1.54) is 25.7 Å². The number of carbonyl (C=O) groups is 1. The number of aliphatic hydroxyl groups excluding tert-OH is 8. The monoisotopic (exact) mass is 649 g/mol. The highest BCUT2D eigenvalue weighted by Gasteiger charge is 2.50. The van der Waals surface area contributed by atoms with Crippen molar-refractivity contribution in [2.24, 2.45) is 0 Å². The van der Waals surface area contributed by atoms with Crippen LogP contribution in [-0.2, 0) is 23.7 Å². The Morgan fingerprint density at radius 1 is 0.778 bits per heavy atom. The maximum absolute atomic E-state index is 12.4. The number of unbranched alkanes of at least 4 members (excludes halogenated alkanes) is 5. The lowest BCUT2D eigenvalue weighted by Crippen LogP contribution is -2.65. The van der Waals surface area contributed by atoms with Crippen molar-refractivity contribution < 1.29 is 64.6 Å². The van der Waals surface area contributed by atoms with Crippen LogP contribution in [0.3, 0.4) is 0 Å². The number of carbonyl (C=O) groups excluding carboxylic acids is 1. The van der Waals surface area contributed by atoms with Gasteiger partial charge in [-0.25, -0.2) is 0 Å². The van der Waals surface area contributed by atoms with E-state index in [-0.39, 0.29) is 18.9 Å². The molecule has 0 bridgehead atoms. The van der Waals surface area contributed by atoms with Gasteiger partial charge in [-0.3, -0.25) is 4.79 Å². The molecule has 0 saturated carbocycles. The molecule has 2 fully saturated rings. The molecular formula is C31H55NO13. The van der Waals surface area contributed by atoms with E-state index in [1.54, 1.807) is 6.08 Å². The van der Waals surface area contributed by atoms with Crippen LogP contribution in [0, 0.1) is 0 Å². The van der Waals surface area contributed by atoms with Gasteiger partial charge in [-0.1, -0.05) is 57.4 Å². The molecule has 262 valence electrons. The van der Waals surface area contributed by atoms with Crippen molar-refractivity contribution in [3.63, 3.8) is 0 Å². The topological polar surface area (TPSA) is 228 Å². The summed E-state index contributed by atoms with van der Waals surface area (Å²) in [5, 5.41) is 84.8. The van der Waals surface area contributed by atoms with E-state index in [1.807, 2.05) is 13.0 Å². The summed E-state index contributed by atoms with van der Waals surface area (Å²) in [4.78, 5) is 12.4. The second-order valence-corrected chi connectivity index (χ2v) is 11.6. The number of aliphatic hydroxyl groups is 8. The zero-order chi connectivity index (χ0) is 33.4. The van der Waals surface area contributed by atoms with Crippen molar-refractivity contribution in [2.75, 3.05) is 19.8 Å². The highest BCUT2D eigenvalue weighted by molar-refractivity contribution is 5.76. The Morgan fingerprint density at radius 3 is 2.09 bits per heavy atom. The van der Waals surface area contributed by atoms with Crippen LogP contribution < -0.4 is 5.32 Å². The van der Waals surface area contributed by atoms with Gasteiger partial charge in [0.2, 0.25) is 5.91 Å². The van der Waals surface area contributed by atoms with Gasteiger partial charge in [0, 0.05) is 6.42 Å². The van der Waals surface area contributed by atoms with Crippen molar-refractivity contribution in [2.45, 2.75) is 145 Å². The Balaban J connectivity index is 1.98. The van der Waals surface area contributed by atoms with Crippen LogP contribution in [0.4, 0.5) is 0 Å². The number of ether oxygens (including phenoxy) is 4. The van der Waals surface area contributed by atoms with E-state index < -0.39 is 86.8 Å². The van der Waals surface area contributed by atoms with E-state index in [0.717, 1.165) is 12.8 Å². The van der Waals surface area contributed by atoms with Gasteiger partial charge in [-0.2, -0.15) is 0 Å². The number of allylic oxidation sites excluding steroid dienone is 3. The van der Waals surface area contributed by atoms with Crippen LogP contribution in [0.5, 0.6) is 0 Å². The minimum absolute atomic E-state index is 0.223. The molecule has 2 aliphatic heterocycles. The van der Waals surface area contributed by atoms with Crippen LogP contribution in [0.1, 0.15) is 71.6 Å². The van der Waals surface area contributed by atoms with E-state index in [9.17, 15) is 45.6 Å². The number of hydrogen-bond acceptors (Lipinski definition) is 13. The molecule has 45 heavy (non-hydrogen) atoms. The molecule has 0 spiro atoms. The lowest BCUT2D eigenvalue weighted by molar-refractivity contribution is -0.359. The lowest BCUT2D eigenvalue weighted by Gasteiger charge is -2.46. The third-order valence-electron chi connectivity index (χ3n) is 7.86. The van der Waals surface area contributed by atoms with E-state index in [2.05, 4.69) is 24.4 Å². The Kier molecular flexibility index (Phi) is 18.8. The first kappa shape index (κ1) is 39.6. The molecule has 0 aromatic rings. The fourth-order valence-electron chi connectivity index (χ4n) is 5.11. The van der Waals surface area contributed by atoms with Gasteiger partial charge in [0.15, 0.2) is 12.6 Å². The van der Waals surface area contributed by atoms with Gasteiger partial charge in [0.05, 0.1) is 32.0 Å². The zero-order valence-electron chi connectivity index (χ0n) is 26.3. The first-order valence-electron chi connectivity index (χ1n) is 16.1. The SMILES string of the molecule is CCCCCC/C=C/CC/C=C/C(O)C(COC1OC(CO)C(OC2OC(CO)C(O)C(O)C2O)C(O)C1O)NC(=O)CCC. The number of hydrogen-bond donors (Lipinski definition) is 9. The molecular weight excluding hydrogens is 594 g/mol. The second kappa shape index (κ2) is 21.4. The summed E-state index contributed by atoms with van der Waals surface area (Å²) in [5.74, 6) is -0.309. The summed E-state index contributed by atoms with van der Waals surface area (Å²) in [6.45, 7) is 2.27. The number of amides is 1. The van der Waals surface area contributed by atoms with E-state index >= 15 is 0 Å². The average molecular weight is 650 g/mol. The summed E-state index contributed by atoms with van der Waals surface area (Å²) in [6, 6.07) is -0.919. The predicted octanol–water partition coefficient (Wildman–Crippen LogP) is -0.864. The average Bonchev–Trinajstić information content (AvgIpc) is 3.03. The molecule has 14 heteroatoms. The Morgan fingerprint density at radius 2 is 1.42 bits per heavy atom. The lowest BCUT2D eigenvalue weighted by atomic mass is 9.97. The van der Waals surface area contributed by atoms with Crippen molar-refractivity contribution >= 4 is 5.91 Å². The molecule has 2 heterocycles. The molecule has 2 rings (SSSR count). The molecule has 0 aromatic carbocycles. The Labute approximate surface area is 265 Å². The van der Waals surface area contributed by atoms with Crippen LogP contribution >= 0.6 is 0 Å². The van der Waals surface area contributed by atoms with Gasteiger partial charge >= 0.3 is 0 Å². The van der Waals surface area contributed by atoms with Gasteiger partial charge in [-0.05, 0) is 32.1 Å². The first-order chi connectivity index (χ1) is 21.6. The molecule has 0 aromatic heterocycles. The van der Waals surface area contributed by atoms with Crippen LogP contribution in [0.15, 0.2) is 24.3 Å². The number of rotatable bonds is 20. The highest BCUT2D eigenvalue weighted by atomic mass is 16.7. The quantitative estimate of drug-likeness (QED) is 0.0578. The Hall–Kier alpha value is -1.53. The molecule has 2 aliphatic rings. The van der Waals surface area contributed by atoms with Crippen LogP contribution in [-0.4, -0.2) is 140 Å². The van der Waals surface area contributed by atoms with Crippen molar-refractivity contribution in [1.29, 1.82) is 0 Å². The number of nitrogens with one attached hydrogen (secondary N) is 1. The third kappa shape index (κ3) is 12.5. The maximum Gasteiger partial charge on any atom is 0.220 e. The summed E-state index contributed by atoms with van der Waals surface area (Å²) in [5.41, 5.74) is 0. The molecule has 0 radical (unpaired) electrons. The van der Waals surface area contributed by atoms with Crippen LogP contribution in [0.25, 0.3) is 0 Å². The summed E-state index contributed by atoms with van der Waals surface area (Å²) in [6.07, 6.45) is -1.21. The molecule has 12 atom stereocenters. The second-order valence-electron chi connectivity index (χ2n) is 11.6. The van der Waals surface area contributed by atoms with E-state index in [0.29, 0.717) is 12.8 Å². The fraction of sp³-hybridized carbons (Fsp3) is 0.839. The van der Waals surface area contributed by atoms with Gasteiger partial charge in [-0.15, -0.1) is 0 Å². The minimum atomic E-state index is -1.78. The third-order valence-corrected chi connectivity index (χ3v) is 7.86. The van der Waals surface area contributed by atoms with Gasteiger partial charge < -0.3 is 65.1 Å². The standard InChI is InChI=1S/C31H55NO13/c1-3-5-6-7-8-9-10-11-12-13-15-20(35)19(32-23(36)14-4-2)18-42-30-28(41)26(39)29(22(17-34)44-30)45-31-27(40)25(38)24(37)21(16-33)43-31/h9-10,13,15,19-22,24-31,33-35,37-41H,3-8,11-12,14,16-18H2,1-2H3,(H,32,36)/b10-9+,15-13+. The largest absolute Gasteiger partial charge is 0.394 e. The minimum Gasteiger partial charge on any atom is -0.394 e. The van der Waals surface area contributed by atoms with Gasteiger partial charge in [0.25, 0.3) is 0 Å². The van der Waals surface area contributed by atoms with Crippen molar-refractivity contribution in [3.8, 4) is 0 Å². The maximum atomic E-state index is 12.4. The normalized spacial score (nSPS) is 33.9. The molecule has 2 saturated heterocycles. The van der Waals surface area contributed by atoms with E-state index in [4.69, 9.17) is 18.9 Å². The molecule has 12 unspecified atom stereocenters. The molecule has 14 nitrogen and oxygen atoms in total. The summed E-state index contributed by atoms with van der Waals surface area (Å²) in [7, 11) is 0. The van der Waals surface area contributed by atoms with Crippen molar-refractivity contribution in [1.82, 2.24) is 5.32 Å². The molecule has 9 N–H and O–H groups in total. The predicted molar refractivity (Wildman–Crippen MR) is 161 cm³/mol. The first-order valence-corrected chi connectivity index (χ1v) is 16.1. The van der Waals surface area contributed by atoms with Crippen LogP contribution in [0.2, 0.25) is 0 Å².